The van der Waals surface area contributed by atoms with Gasteiger partial charge in [-0.3, -0.25) is 0 Å². The number of nitrogens with zero attached hydrogens (tertiary/aromatic N) is 1. The van der Waals surface area contributed by atoms with Crippen LogP contribution in [-0.2, 0) is 11.3 Å². The van der Waals surface area contributed by atoms with Gasteiger partial charge in [-0.1, -0.05) is 0 Å². The van der Waals surface area contributed by atoms with Gasteiger partial charge >= 0.3 is 0 Å². The molecule has 2 heterocycles. The molecule has 0 aliphatic carbocycles. The van der Waals surface area contributed by atoms with Crippen LogP contribution in [0.5, 0.6) is 0 Å². The van der Waals surface area contributed by atoms with E-state index in [0.29, 0.717) is 12.1 Å². The Morgan fingerprint density at radius 2 is 2.53 bits per heavy atom. The average molecular weight is 226 g/mol. The first-order valence-corrected chi connectivity index (χ1v) is 6.37. The number of ether oxygens (including phenoxy) is 1. The Morgan fingerprint density at radius 3 is 3.20 bits per heavy atom. The summed E-state index contributed by atoms with van der Waals surface area (Å²) in [5, 5.41) is 3.59. The van der Waals surface area contributed by atoms with Gasteiger partial charge in [-0.15, -0.1) is 11.3 Å². The van der Waals surface area contributed by atoms with E-state index in [1.54, 1.807) is 11.3 Å². The first-order chi connectivity index (χ1) is 7.25. The molecule has 1 fully saturated rings. The highest BCUT2D eigenvalue weighted by atomic mass is 32.1. The van der Waals surface area contributed by atoms with Crippen LogP contribution in [-0.4, -0.2) is 23.7 Å². The van der Waals surface area contributed by atoms with Crippen molar-refractivity contribution in [2.24, 2.45) is 0 Å². The summed E-state index contributed by atoms with van der Waals surface area (Å²) in [6.07, 6.45) is 2.65. The lowest BCUT2D eigenvalue weighted by Gasteiger charge is -2.27. The van der Waals surface area contributed by atoms with E-state index in [1.807, 2.05) is 5.51 Å². The van der Waals surface area contributed by atoms with Crippen molar-refractivity contribution in [3.63, 3.8) is 0 Å². The SMILES string of the molecule is Cc1ncsc1CNC1CCOC(C)C1. The lowest BCUT2D eigenvalue weighted by atomic mass is 10.0. The lowest BCUT2D eigenvalue weighted by molar-refractivity contribution is 0.0131. The molecule has 0 radical (unpaired) electrons. The highest BCUT2D eigenvalue weighted by Crippen LogP contribution is 2.16. The van der Waals surface area contributed by atoms with Crippen LogP contribution in [0.15, 0.2) is 5.51 Å². The second-order valence-electron chi connectivity index (χ2n) is 4.14. The Labute approximate surface area is 94.9 Å². The minimum absolute atomic E-state index is 0.402. The largest absolute Gasteiger partial charge is 0.378 e. The molecule has 1 N–H and O–H groups in total. The molecule has 1 saturated heterocycles. The highest BCUT2D eigenvalue weighted by molar-refractivity contribution is 7.09. The van der Waals surface area contributed by atoms with Crippen molar-refractivity contribution in [1.29, 1.82) is 0 Å². The topological polar surface area (TPSA) is 34.2 Å². The Morgan fingerprint density at radius 1 is 1.67 bits per heavy atom. The van der Waals surface area contributed by atoms with Crippen molar-refractivity contribution >= 4 is 11.3 Å². The Bertz CT molecular complexity index is 313. The molecule has 1 aromatic rings. The number of hydrogen-bond acceptors (Lipinski definition) is 4. The summed E-state index contributed by atoms with van der Waals surface area (Å²) < 4.78 is 5.52. The second kappa shape index (κ2) is 5.05. The molecular formula is C11H18N2OS. The second-order valence-corrected chi connectivity index (χ2v) is 5.08. The van der Waals surface area contributed by atoms with E-state index in [-0.39, 0.29) is 0 Å². The highest BCUT2D eigenvalue weighted by Gasteiger charge is 2.18. The summed E-state index contributed by atoms with van der Waals surface area (Å²) in [4.78, 5) is 5.60. The van der Waals surface area contributed by atoms with Crippen LogP contribution in [0.25, 0.3) is 0 Å². The molecule has 2 rings (SSSR count). The Kier molecular flexibility index (Phi) is 3.72. The van der Waals surface area contributed by atoms with E-state index in [2.05, 4.69) is 24.1 Å². The molecule has 0 aromatic carbocycles. The summed E-state index contributed by atoms with van der Waals surface area (Å²) in [6, 6.07) is 0.607. The maximum Gasteiger partial charge on any atom is 0.0798 e. The molecule has 0 spiro atoms. The standard InChI is InChI=1S/C11H18N2OS/c1-8-5-10(3-4-14-8)12-6-11-9(2)13-7-15-11/h7-8,10,12H,3-6H2,1-2H3. The van der Waals surface area contributed by atoms with Crippen LogP contribution < -0.4 is 5.32 Å². The zero-order valence-electron chi connectivity index (χ0n) is 9.32. The van der Waals surface area contributed by atoms with Crippen molar-refractivity contribution in [3.05, 3.63) is 16.1 Å². The number of rotatable bonds is 3. The summed E-state index contributed by atoms with van der Waals surface area (Å²) >= 11 is 1.73. The monoisotopic (exact) mass is 226 g/mol. The number of hydrogen-bond donors (Lipinski definition) is 1. The number of thiazole rings is 1. The van der Waals surface area contributed by atoms with E-state index < -0.39 is 0 Å². The smallest absolute Gasteiger partial charge is 0.0798 e. The summed E-state index contributed by atoms with van der Waals surface area (Å²) in [5.74, 6) is 0. The number of aromatic nitrogens is 1. The molecule has 84 valence electrons. The van der Waals surface area contributed by atoms with Crippen LogP contribution in [0.2, 0.25) is 0 Å². The fourth-order valence-electron chi connectivity index (χ4n) is 1.92. The van der Waals surface area contributed by atoms with Gasteiger partial charge in [-0.25, -0.2) is 4.98 Å². The summed E-state index contributed by atoms with van der Waals surface area (Å²) in [7, 11) is 0. The molecule has 2 atom stereocenters. The van der Waals surface area contributed by atoms with E-state index in [0.717, 1.165) is 31.7 Å². The van der Waals surface area contributed by atoms with E-state index in [9.17, 15) is 0 Å². The van der Waals surface area contributed by atoms with Crippen molar-refractivity contribution in [1.82, 2.24) is 10.3 Å². The molecule has 1 aliphatic rings. The van der Waals surface area contributed by atoms with Crippen LogP contribution in [0.4, 0.5) is 0 Å². The molecule has 0 bridgehead atoms. The molecule has 0 amide bonds. The van der Waals surface area contributed by atoms with Gasteiger partial charge in [0, 0.05) is 24.1 Å². The van der Waals surface area contributed by atoms with Crippen molar-refractivity contribution < 1.29 is 4.74 Å². The van der Waals surface area contributed by atoms with Crippen LogP contribution >= 0.6 is 11.3 Å². The molecule has 1 aromatic heterocycles. The van der Waals surface area contributed by atoms with Crippen molar-refractivity contribution in [2.45, 2.75) is 45.4 Å². The molecular weight excluding hydrogens is 208 g/mol. The molecule has 0 saturated carbocycles. The first kappa shape index (κ1) is 11.0. The normalized spacial score (nSPS) is 26.8. The molecule has 3 nitrogen and oxygen atoms in total. The minimum atomic E-state index is 0.402. The van der Waals surface area contributed by atoms with Gasteiger partial charge < -0.3 is 10.1 Å². The van der Waals surface area contributed by atoms with Gasteiger partial charge in [0.2, 0.25) is 0 Å². The maximum absolute atomic E-state index is 5.52. The zero-order valence-corrected chi connectivity index (χ0v) is 10.1. The lowest BCUT2D eigenvalue weighted by Crippen LogP contribution is -2.37. The van der Waals surface area contributed by atoms with Gasteiger partial charge in [0.1, 0.15) is 0 Å². The predicted molar refractivity (Wildman–Crippen MR) is 62.1 cm³/mol. The third-order valence-corrected chi connectivity index (χ3v) is 3.82. The third-order valence-electron chi connectivity index (χ3n) is 2.88. The Hall–Kier alpha value is -0.450. The number of nitrogens with one attached hydrogen (secondary N) is 1. The van der Waals surface area contributed by atoms with Crippen LogP contribution in [0.1, 0.15) is 30.3 Å². The Balaban J connectivity index is 1.80. The van der Waals surface area contributed by atoms with E-state index in [4.69, 9.17) is 4.74 Å². The molecule has 15 heavy (non-hydrogen) atoms. The first-order valence-electron chi connectivity index (χ1n) is 5.49. The predicted octanol–water partition coefficient (Wildman–Crippen LogP) is 2.11. The fourth-order valence-corrected chi connectivity index (χ4v) is 2.64. The molecule has 4 heteroatoms. The number of aryl methyl sites for hydroxylation is 1. The van der Waals surface area contributed by atoms with Gasteiger partial charge in [0.25, 0.3) is 0 Å². The van der Waals surface area contributed by atoms with Crippen LogP contribution in [0, 0.1) is 6.92 Å². The van der Waals surface area contributed by atoms with E-state index in [1.165, 1.54) is 4.88 Å². The van der Waals surface area contributed by atoms with Gasteiger partial charge in [0.05, 0.1) is 17.3 Å². The minimum Gasteiger partial charge on any atom is -0.378 e. The van der Waals surface area contributed by atoms with Crippen molar-refractivity contribution in [3.8, 4) is 0 Å². The fraction of sp³-hybridized carbons (Fsp3) is 0.727. The summed E-state index contributed by atoms with van der Waals surface area (Å²) in [5.41, 5.74) is 3.08. The maximum atomic E-state index is 5.52. The third kappa shape index (κ3) is 3.00. The molecule has 2 unspecified atom stereocenters. The van der Waals surface area contributed by atoms with Gasteiger partial charge in [0.15, 0.2) is 0 Å². The average Bonchev–Trinajstić information content (AvgIpc) is 2.61. The van der Waals surface area contributed by atoms with Gasteiger partial charge in [-0.2, -0.15) is 0 Å². The van der Waals surface area contributed by atoms with E-state index >= 15 is 0 Å². The quantitative estimate of drug-likeness (QED) is 0.857. The van der Waals surface area contributed by atoms with Gasteiger partial charge in [-0.05, 0) is 26.7 Å². The summed E-state index contributed by atoms with van der Waals surface area (Å²) in [6.45, 7) is 6.06. The van der Waals surface area contributed by atoms with Crippen molar-refractivity contribution in [2.75, 3.05) is 6.61 Å². The van der Waals surface area contributed by atoms with Crippen LogP contribution in [0.3, 0.4) is 0 Å². The molecule has 1 aliphatic heterocycles. The zero-order chi connectivity index (χ0) is 10.7.